The van der Waals surface area contributed by atoms with E-state index < -0.39 is 15.9 Å². The summed E-state index contributed by atoms with van der Waals surface area (Å²) in [7, 11) is -3.81. The van der Waals surface area contributed by atoms with E-state index in [0.29, 0.717) is 10.6 Å². The SMILES string of the molecule is Cc1ccc(S(N)(=O)=O)cc1NC(=O)c1cnns1. The van der Waals surface area contributed by atoms with E-state index in [0.717, 1.165) is 17.1 Å². The molecule has 0 fully saturated rings. The van der Waals surface area contributed by atoms with Crippen LogP contribution in [0.15, 0.2) is 29.3 Å². The lowest BCUT2D eigenvalue weighted by atomic mass is 10.2. The first-order valence-electron chi connectivity index (χ1n) is 5.10. The molecule has 2 rings (SSSR count). The van der Waals surface area contributed by atoms with Crippen LogP contribution >= 0.6 is 11.5 Å². The lowest BCUT2D eigenvalue weighted by Gasteiger charge is -2.08. The average molecular weight is 298 g/mol. The first kappa shape index (κ1) is 13.6. The van der Waals surface area contributed by atoms with E-state index in [1.807, 2.05) is 0 Å². The molecule has 1 amide bonds. The zero-order valence-electron chi connectivity index (χ0n) is 9.82. The molecule has 1 aromatic carbocycles. The number of nitrogens with one attached hydrogen (secondary N) is 1. The van der Waals surface area contributed by atoms with Crippen LogP contribution in [0.25, 0.3) is 0 Å². The molecule has 0 radical (unpaired) electrons. The van der Waals surface area contributed by atoms with Crippen LogP contribution in [0, 0.1) is 6.92 Å². The predicted molar refractivity (Wildman–Crippen MR) is 70.4 cm³/mol. The number of hydrogen-bond acceptors (Lipinski definition) is 6. The van der Waals surface area contributed by atoms with Gasteiger partial charge in [0.2, 0.25) is 10.0 Å². The highest BCUT2D eigenvalue weighted by atomic mass is 32.2. The van der Waals surface area contributed by atoms with Gasteiger partial charge in [-0.05, 0) is 36.2 Å². The van der Waals surface area contributed by atoms with Crippen LogP contribution in [-0.2, 0) is 10.0 Å². The third-order valence-electron chi connectivity index (χ3n) is 2.37. The second kappa shape index (κ2) is 5.03. The lowest BCUT2D eigenvalue weighted by molar-refractivity contribution is 0.103. The van der Waals surface area contributed by atoms with Gasteiger partial charge in [-0.3, -0.25) is 4.79 Å². The summed E-state index contributed by atoms with van der Waals surface area (Å²) in [6.45, 7) is 1.74. The third-order valence-corrected chi connectivity index (χ3v) is 3.95. The number of amides is 1. The summed E-state index contributed by atoms with van der Waals surface area (Å²) in [5.74, 6) is -0.398. The molecule has 100 valence electrons. The normalized spacial score (nSPS) is 11.3. The topological polar surface area (TPSA) is 115 Å². The number of carbonyl (C=O) groups excluding carboxylic acids is 1. The molecule has 3 N–H and O–H groups in total. The van der Waals surface area contributed by atoms with Gasteiger partial charge in [0.25, 0.3) is 5.91 Å². The van der Waals surface area contributed by atoms with E-state index in [9.17, 15) is 13.2 Å². The number of aryl methyl sites for hydroxylation is 1. The number of benzene rings is 1. The van der Waals surface area contributed by atoms with Crippen molar-refractivity contribution in [2.75, 3.05) is 5.32 Å². The van der Waals surface area contributed by atoms with Crippen molar-refractivity contribution in [3.05, 3.63) is 34.8 Å². The first-order chi connectivity index (χ1) is 8.88. The minimum absolute atomic E-state index is 0.0594. The number of rotatable bonds is 3. The minimum atomic E-state index is -3.81. The number of anilines is 1. The van der Waals surface area contributed by atoms with Gasteiger partial charge in [-0.1, -0.05) is 10.6 Å². The van der Waals surface area contributed by atoms with Crippen molar-refractivity contribution >= 4 is 33.2 Å². The Labute approximate surface area is 113 Å². The van der Waals surface area contributed by atoms with E-state index in [4.69, 9.17) is 5.14 Å². The van der Waals surface area contributed by atoms with Crippen molar-refractivity contribution in [1.82, 2.24) is 9.59 Å². The highest BCUT2D eigenvalue weighted by Crippen LogP contribution is 2.20. The molecule has 0 saturated heterocycles. The molecule has 1 heterocycles. The van der Waals surface area contributed by atoms with E-state index >= 15 is 0 Å². The standard InChI is InChI=1S/C10H10N4O3S2/c1-6-2-3-7(19(11,16)17)4-8(6)13-10(15)9-5-12-14-18-9/h2-5H,1H3,(H,13,15)(H2,11,16,17). The monoisotopic (exact) mass is 298 g/mol. The van der Waals surface area contributed by atoms with Gasteiger partial charge < -0.3 is 5.32 Å². The molecule has 1 aromatic heterocycles. The zero-order valence-corrected chi connectivity index (χ0v) is 11.5. The van der Waals surface area contributed by atoms with Crippen LogP contribution in [0.1, 0.15) is 15.2 Å². The second-order valence-corrected chi connectivity index (χ2v) is 6.10. The summed E-state index contributed by atoms with van der Waals surface area (Å²) < 4.78 is 26.1. The molecule has 9 heteroatoms. The van der Waals surface area contributed by atoms with Crippen LogP contribution in [-0.4, -0.2) is 23.9 Å². The summed E-state index contributed by atoms with van der Waals surface area (Å²) in [4.78, 5) is 12.1. The fraction of sp³-hybridized carbons (Fsp3) is 0.100. The molecule has 0 aliphatic carbocycles. The number of nitrogens with zero attached hydrogens (tertiary/aromatic N) is 2. The number of nitrogens with two attached hydrogens (primary N) is 1. The van der Waals surface area contributed by atoms with Crippen molar-refractivity contribution in [3.63, 3.8) is 0 Å². The van der Waals surface area contributed by atoms with Gasteiger partial charge in [0.15, 0.2) is 0 Å². The number of primary sulfonamides is 1. The van der Waals surface area contributed by atoms with Gasteiger partial charge in [-0.2, -0.15) is 0 Å². The van der Waals surface area contributed by atoms with Crippen molar-refractivity contribution < 1.29 is 13.2 Å². The predicted octanol–water partition coefficient (Wildman–Crippen LogP) is 0.746. The summed E-state index contributed by atoms with van der Waals surface area (Å²) >= 11 is 0.950. The minimum Gasteiger partial charge on any atom is -0.321 e. The van der Waals surface area contributed by atoms with Crippen molar-refractivity contribution in [3.8, 4) is 0 Å². The smallest absolute Gasteiger partial charge is 0.269 e. The highest BCUT2D eigenvalue weighted by molar-refractivity contribution is 7.89. The summed E-state index contributed by atoms with van der Waals surface area (Å²) in [5.41, 5.74) is 1.10. The van der Waals surface area contributed by atoms with Gasteiger partial charge in [0.05, 0.1) is 11.1 Å². The van der Waals surface area contributed by atoms with E-state index in [1.165, 1.54) is 18.3 Å². The third kappa shape index (κ3) is 3.13. The Morgan fingerprint density at radius 2 is 2.16 bits per heavy atom. The van der Waals surface area contributed by atoms with Gasteiger partial charge in [-0.15, -0.1) is 5.10 Å². The molecule has 7 nitrogen and oxygen atoms in total. The Morgan fingerprint density at radius 3 is 2.74 bits per heavy atom. The average Bonchev–Trinajstić information content (AvgIpc) is 2.84. The Bertz CT molecular complexity index is 710. The molecule has 0 unspecified atom stereocenters. The van der Waals surface area contributed by atoms with Gasteiger partial charge in [-0.25, -0.2) is 13.6 Å². The fourth-order valence-electron chi connectivity index (χ4n) is 1.36. The van der Waals surface area contributed by atoms with Gasteiger partial charge in [0.1, 0.15) is 4.88 Å². The van der Waals surface area contributed by atoms with Gasteiger partial charge >= 0.3 is 0 Å². The van der Waals surface area contributed by atoms with Crippen molar-refractivity contribution in [2.45, 2.75) is 11.8 Å². The van der Waals surface area contributed by atoms with Crippen molar-refractivity contribution in [1.29, 1.82) is 0 Å². The molecule has 0 spiro atoms. The number of aromatic nitrogens is 2. The largest absolute Gasteiger partial charge is 0.321 e. The molecule has 19 heavy (non-hydrogen) atoms. The zero-order chi connectivity index (χ0) is 14.0. The molecule has 0 aliphatic rings. The van der Waals surface area contributed by atoms with Crippen LogP contribution in [0.5, 0.6) is 0 Å². The fourth-order valence-corrected chi connectivity index (χ4v) is 2.31. The van der Waals surface area contributed by atoms with Crippen LogP contribution in [0.4, 0.5) is 5.69 Å². The molecule has 0 saturated carbocycles. The lowest BCUT2D eigenvalue weighted by Crippen LogP contribution is -2.15. The number of carbonyl (C=O) groups is 1. The van der Waals surface area contributed by atoms with E-state index in [2.05, 4.69) is 14.9 Å². The Hall–Kier alpha value is -1.84. The van der Waals surface area contributed by atoms with Crippen molar-refractivity contribution in [2.24, 2.45) is 5.14 Å². The van der Waals surface area contributed by atoms with Crippen LogP contribution < -0.4 is 10.5 Å². The molecule has 0 bridgehead atoms. The summed E-state index contributed by atoms with van der Waals surface area (Å²) in [5, 5.41) is 11.2. The van der Waals surface area contributed by atoms with E-state index in [1.54, 1.807) is 13.0 Å². The Kier molecular flexibility index (Phi) is 3.60. The molecule has 0 atom stereocenters. The molecular weight excluding hydrogens is 288 g/mol. The maximum absolute atomic E-state index is 11.8. The Balaban J connectivity index is 2.32. The van der Waals surface area contributed by atoms with Gasteiger partial charge in [0, 0.05) is 5.69 Å². The highest BCUT2D eigenvalue weighted by Gasteiger charge is 2.13. The number of sulfonamides is 1. The number of hydrogen-bond donors (Lipinski definition) is 2. The maximum Gasteiger partial charge on any atom is 0.269 e. The maximum atomic E-state index is 11.8. The van der Waals surface area contributed by atoms with Crippen LogP contribution in [0.3, 0.4) is 0 Å². The van der Waals surface area contributed by atoms with Crippen LogP contribution in [0.2, 0.25) is 0 Å². The Morgan fingerprint density at radius 1 is 1.42 bits per heavy atom. The molecule has 0 aliphatic heterocycles. The second-order valence-electron chi connectivity index (χ2n) is 3.76. The van der Waals surface area contributed by atoms with E-state index in [-0.39, 0.29) is 4.90 Å². The molecule has 2 aromatic rings. The first-order valence-corrected chi connectivity index (χ1v) is 7.42. The summed E-state index contributed by atoms with van der Waals surface area (Å²) in [6, 6.07) is 4.27. The molecular formula is C10H10N4O3S2. The quantitative estimate of drug-likeness (QED) is 0.867. The summed E-state index contributed by atoms with van der Waals surface area (Å²) in [6.07, 6.45) is 1.33.